The number of hydrogen-bond donors (Lipinski definition) is 1. The van der Waals surface area contributed by atoms with E-state index in [0.29, 0.717) is 6.67 Å². The number of nitrogens with zero attached hydrogens (tertiary/aromatic N) is 1. The molecule has 0 unspecified atom stereocenters. The number of rotatable bonds is 2. The second-order valence-corrected chi connectivity index (χ2v) is 2.22. The standard InChI is InChI=1S/C8H12N2.ClH/c1-10(7-9)8-5-3-2-4-6-8;/h2-6H,7,9H2,1H3;1H. The van der Waals surface area contributed by atoms with Gasteiger partial charge in [-0.3, -0.25) is 0 Å². The molecule has 11 heavy (non-hydrogen) atoms. The van der Waals surface area contributed by atoms with Crippen molar-refractivity contribution >= 4 is 18.1 Å². The number of anilines is 1. The zero-order valence-electron chi connectivity index (χ0n) is 6.53. The van der Waals surface area contributed by atoms with Gasteiger partial charge in [-0.15, -0.1) is 12.4 Å². The lowest BCUT2D eigenvalue weighted by Gasteiger charge is -2.15. The van der Waals surface area contributed by atoms with Gasteiger partial charge in [-0.05, 0) is 12.1 Å². The van der Waals surface area contributed by atoms with E-state index in [0.717, 1.165) is 5.69 Å². The number of halogens is 1. The summed E-state index contributed by atoms with van der Waals surface area (Å²) >= 11 is 0. The van der Waals surface area contributed by atoms with Crippen molar-refractivity contribution in [3.05, 3.63) is 30.3 Å². The van der Waals surface area contributed by atoms with Gasteiger partial charge in [-0.1, -0.05) is 18.2 Å². The maximum Gasteiger partial charge on any atom is 0.0653 e. The van der Waals surface area contributed by atoms with Crippen LogP contribution in [0.1, 0.15) is 0 Å². The summed E-state index contributed by atoms with van der Waals surface area (Å²) in [5, 5.41) is 0. The van der Waals surface area contributed by atoms with E-state index in [-0.39, 0.29) is 12.4 Å². The van der Waals surface area contributed by atoms with E-state index in [4.69, 9.17) is 5.73 Å². The van der Waals surface area contributed by atoms with E-state index in [1.54, 1.807) is 0 Å². The molecule has 1 aromatic carbocycles. The zero-order chi connectivity index (χ0) is 7.40. The summed E-state index contributed by atoms with van der Waals surface area (Å²) in [6.45, 7) is 0.560. The molecule has 0 aromatic heterocycles. The predicted octanol–water partition coefficient (Wildman–Crippen LogP) is 1.46. The average molecular weight is 173 g/mol. The Morgan fingerprint density at radius 3 is 2.27 bits per heavy atom. The fourth-order valence-corrected chi connectivity index (χ4v) is 0.788. The smallest absolute Gasteiger partial charge is 0.0653 e. The van der Waals surface area contributed by atoms with Gasteiger partial charge in [0.1, 0.15) is 0 Å². The van der Waals surface area contributed by atoms with Crippen molar-refractivity contribution in [3.63, 3.8) is 0 Å². The molecule has 62 valence electrons. The van der Waals surface area contributed by atoms with Crippen LogP contribution in [0.25, 0.3) is 0 Å². The fourth-order valence-electron chi connectivity index (χ4n) is 0.788. The van der Waals surface area contributed by atoms with E-state index in [1.165, 1.54) is 0 Å². The number of hydrogen-bond acceptors (Lipinski definition) is 2. The van der Waals surface area contributed by atoms with Crippen molar-refractivity contribution in [2.24, 2.45) is 5.73 Å². The van der Waals surface area contributed by atoms with Crippen LogP contribution >= 0.6 is 12.4 Å². The van der Waals surface area contributed by atoms with E-state index in [2.05, 4.69) is 0 Å². The van der Waals surface area contributed by atoms with Crippen molar-refractivity contribution in [2.45, 2.75) is 0 Å². The summed E-state index contributed by atoms with van der Waals surface area (Å²) in [7, 11) is 1.97. The quantitative estimate of drug-likeness (QED) is 0.685. The molecule has 0 aliphatic rings. The Hall–Kier alpha value is -0.730. The van der Waals surface area contributed by atoms with Gasteiger partial charge >= 0.3 is 0 Å². The molecular weight excluding hydrogens is 160 g/mol. The van der Waals surface area contributed by atoms with Crippen molar-refractivity contribution in [2.75, 3.05) is 18.6 Å². The lowest BCUT2D eigenvalue weighted by atomic mass is 10.3. The van der Waals surface area contributed by atoms with Gasteiger partial charge in [-0.25, -0.2) is 0 Å². The Kier molecular flexibility index (Phi) is 4.66. The molecule has 0 heterocycles. The van der Waals surface area contributed by atoms with Crippen molar-refractivity contribution < 1.29 is 0 Å². The zero-order valence-corrected chi connectivity index (χ0v) is 7.34. The van der Waals surface area contributed by atoms with Crippen LogP contribution < -0.4 is 10.6 Å². The van der Waals surface area contributed by atoms with Crippen LogP contribution in [0, 0.1) is 0 Å². The third kappa shape index (κ3) is 2.78. The van der Waals surface area contributed by atoms with Crippen LogP contribution in [-0.2, 0) is 0 Å². The summed E-state index contributed by atoms with van der Waals surface area (Å²) in [6, 6.07) is 10.1. The maximum atomic E-state index is 5.43. The van der Waals surface area contributed by atoms with Gasteiger partial charge in [0.15, 0.2) is 0 Å². The van der Waals surface area contributed by atoms with Gasteiger partial charge in [0, 0.05) is 12.7 Å². The van der Waals surface area contributed by atoms with Crippen LogP contribution in [0.5, 0.6) is 0 Å². The highest BCUT2D eigenvalue weighted by Crippen LogP contribution is 2.08. The Labute approximate surface area is 73.4 Å². The van der Waals surface area contributed by atoms with Gasteiger partial charge < -0.3 is 10.6 Å². The monoisotopic (exact) mass is 172 g/mol. The summed E-state index contributed by atoms with van der Waals surface area (Å²) in [6.07, 6.45) is 0. The van der Waals surface area contributed by atoms with Gasteiger partial charge in [0.05, 0.1) is 6.67 Å². The second-order valence-electron chi connectivity index (χ2n) is 2.22. The molecule has 2 N–H and O–H groups in total. The lowest BCUT2D eigenvalue weighted by molar-refractivity contribution is 0.933. The van der Waals surface area contributed by atoms with Crippen LogP contribution in [-0.4, -0.2) is 13.7 Å². The molecule has 0 saturated carbocycles. The summed E-state index contributed by atoms with van der Waals surface area (Å²) < 4.78 is 0. The summed E-state index contributed by atoms with van der Waals surface area (Å²) in [5.74, 6) is 0. The van der Waals surface area contributed by atoms with Gasteiger partial charge in [0.25, 0.3) is 0 Å². The van der Waals surface area contributed by atoms with Crippen LogP contribution in [0.2, 0.25) is 0 Å². The molecule has 1 aromatic rings. The molecule has 0 fully saturated rings. The Morgan fingerprint density at radius 2 is 1.82 bits per heavy atom. The van der Waals surface area contributed by atoms with E-state index < -0.39 is 0 Å². The van der Waals surface area contributed by atoms with Crippen LogP contribution in [0.15, 0.2) is 30.3 Å². The Morgan fingerprint density at radius 1 is 1.27 bits per heavy atom. The SMILES string of the molecule is CN(CN)c1ccccc1.Cl. The summed E-state index contributed by atoms with van der Waals surface area (Å²) in [5.41, 5.74) is 6.59. The first-order valence-electron chi connectivity index (χ1n) is 3.31. The molecule has 0 radical (unpaired) electrons. The molecular formula is C8H13ClN2. The molecule has 3 heteroatoms. The fraction of sp³-hybridized carbons (Fsp3) is 0.250. The molecule has 0 aliphatic carbocycles. The Bertz CT molecular complexity index is 189. The second kappa shape index (κ2) is 4.99. The highest BCUT2D eigenvalue weighted by atomic mass is 35.5. The molecule has 0 amide bonds. The first-order valence-corrected chi connectivity index (χ1v) is 3.31. The number of nitrogens with two attached hydrogens (primary N) is 1. The summed E-state index contributed by atoms with van der Waals surface area (Å²) in [4.78, 5) is 1.99. The third-order valence-corrected chi connectivity index (χ3v) is 1.47. The molecule has 0 bridgehead atoms. The molecule has 0 atom stereocenters. The number of para-hydroxylation sites is 1. The maximum absolute atomic E-state index is 5.43. The van der Waals surface area contributed by atoms with Crippen molar-refractivity contribution in [1.29, 1.82) is 0 Å². The topological polar surface area (TPSA) is 29.3 Å². The lowest BCUT2D eigenvalue weighted by Crippen LogP contribution is -2.24. The largest absolute Gasteiger partial charge is 0.362 e. The molecule has 2 nitrogen and oxygen atoms in total. The Balaban J connectivity index is 0.000001000. The van der Waals surface area contributed by atoms with E-state index in [1.807, 2.05) is 42.3 Å². The first kappa shape index (κ1) is 10.3. The molecule has 1 rings (SSSR count). The highest BCUT2D eigenvalue weighted by Gasteiger charge is 1.92. The van der Waals surface area contributed by atoms with Crippen LogP contribution in [0.3, 0.4) is 0 Å². The predicted molar refractivity (Wildman–Crippen MR) is 51.1 cm³/mol. The van der Waals surface area contributed by atoms with Gasteiger partial charge in [0.2, 0.25) is 0 Å². The minimum absolute atomic E-state index is 0. The van der Waals surface area contributed by atoms with E-state index >= 15 is 0 Å². The average Bonchev–Trinajstić information content (AvgIpc) is 2.05. The minimum Gasteiger partial charge on any atom is -0.362 e. The highest BCUT2D eigenvalue weighted by molar-refractivity contribution is 5.85. The van der Waals surface area contributed by atoms with E-state index in [9.17, 15) is 0 Å². The molecule has 0 saturated heterocycles. The molecule has 0 aliphatic heterocycles. The van der Waals surface area contributed by atoms with Crippen molar-refractivity contribution in [3.8, 4) is 0 Å². The normalized spacial score (nSPS) is 8.55. The third-order valence-electron chi connectivity index (χ3n) is 1.47. The minimum atomic E-state index is 0. The first-order chi connectivity index (χ1) is 4.84. The van der Waals surface area contributed by atoms with Crippen molar-refractivity contribution in [1.82, 2.24) is 0 Å². The number of benzene rings is 1. The van der Waals surface area contributed by atoms with Gasteiger partial charge in [-0.2, -0.15) is 0 Å². The molecule has 0 spiro atoms. The van der Waals surface area contributed by atoms with Crippen LogP contribution in [0.4, 0.5) is 5.69 Å².